The van der Waals surface area contributed by atoms with Crippen LogP contribution in [0, 0.1) is 13.8 Å². The van der Waals surface area contributed by atoms with Crippen molar-refractivity contribution in [2.75, 3.05) is 7.11 Å². The van der Waals surface area contributed by atoms with Crippen molar-refractivity contribution in [3.05, 3.63) is 107 Å². The van der Waals surface area contributed by atoms with Gasteiger partial charge >= 0.3 is 0 Å². The summed E-state index contributed by atoms with van der Waals surface area (Å²) in [5, 5.41) is 12.4. The first-order valence-corrected chi connectivity index (χ1v) is 12.4. The topological polar surface area (TPSA) is 66.7 Å². The highest BCUT2D eigenvalue weighted by Gasteiger charge is 2.26. The van der Waals surface area contributed by atoms with E-state index in [2.05, 4.69) is 84.6 Å². The predicted molar refractivity (Wildman–Crippen MR) is 140 cm³/mol. The number of hydrazine groups is 2. The zero-order valence-electron chi connectivity index (χ0n) is 20.0. The molecule has 3 aromatic carbocycles. The van der Waals surface area contributed by atoms with Crippen LogP contribution in [0.1, 0.15) is 27.8 Å². The van der Waals surface area contributed by atoms with Gasteiger partial charge in [0.05, 0.1) is 31.1 Å². The third-order valence-corrected chi connectivity index (χ3v) is 6.88. The summed E-state index contributed by atoms with van der Waals surface area (Å²) in [5.74, 6) is 2.47. The smallest absolute Gasteiger partial charge is 0.177 e. The molecular weight excluding hydrogens is 456 g/mol. The molecule has 0 amide bonds. The number of methoxy groups -OCH3 is 1. The molecule has 5 rings (SSSR count). The SMILES string of the molecule is COc1ccc(CN2NNN=C2c2cnn(-c3cc(C)cc(C)c3)c2SCc2ccccc2)cc1. The van der Waals surface area contributed by atoms with E-state index in [0.717, 1.165) is 39.2 Å². The Bertz CT molecular complexity index is 1310. The molecule has 1 aliphatic rings. The van der Waals surface area contributed by atoms with Crippen molar-refractivity contribution >= 4 is 17.6 Å². The molecule has 0 bridgehead atoms. The van der Waals surface area contributed by atoms with Crippen LogP contribution in [-0.4, -0.2) is 27.7 Å². The number of hydrogen-bond donors (Lipinski definition) is 2. The van der Waals surface area contributed by atoms with Crippen molar-refractivity contribution in [3.63, 3.8) is 0 Å². The minimum absolute atomic E-state index is 0.632. The summed E-state index contributed by atoms with van der Waals surface area (Å²) in [6, 6.07) is 25.0. The van der Waals surface area contributed by atoms with Gasteiger partial charge in [-0.3, -0.25) is 5.01 Å². The number of benzene rings is 3. The Morgan fingerprint density at radius 2 is 1.66 bits per heavy atom. The lowest BCUT2D eigenvalue weighted by Crippen LogP contribution is -2.40. The van der Waals surface area contributed by atoms with Gasteiger partial charge in [-0.15, -0.1) is 22.4 Å². The van der Waals surface area contributed by atoms with Crippen LogP contribution in [-0.2, 0) is 12.3 Å². The van der Waals surface area contributed by atoms with Crippen molar-refractivity contribution in [1.29, 1.82) is 0 Å². The molecule has 0 atom stereocenters. The molecule has 4 aromatic rings. The number of aryl methyl sites for hydroxylation is 2. The Hall–Kier alpha value is -3.75. The van der Waals surface area contributed by atoms with Crippen LogP contribution in [0.15, 0.2) is 89.1 Å². The van der Waals surface area contributed by atoms with Gasteiger partial charge in [-0.1, -0.05) is 48.5 Å². The molecule has 0 radical (unpaired) electrons. The second-order valence-corrected chi connectivity index (χ2v) is 9.45. The largest absolute Gasteiger partial charge is 0.497 e. The van der Waals surface area contributed by atoms with Gasteiger partial charge in [0.1, 0.15) is 10.8 Å². The van der Waals surface area contributed by atoms with E-state index in [1.165, 1.54) is 16.7 Å². The highest BCUT2D eigenvalue weighted by molar-refractivity contribution is 7.98. The molecule has 2 N–H and O–H groups in total. The Morgan fingerprint density at radius 1 is 0.914 bits per heavy atom. The molecule has 7 nitrogen and oxygen atoms in total. The Labute approximate surface area is 209 Å². The summed E-state index contributed by atoms with van der Waals surface area (Å²) in [6.45, 7) is 4.86. The third kappa shape index (κ3) is 5.18. The van der Waals surface area contributed by atoms with Crippen LogP contribution < -0.4 is 15.8 Å². The van der Waals surface area contributed by atoms with Gasteiger partial charge in [0.15, 0.2) is 5.84 Å². The Kier molecular flexibility index (Phi) is 6.74. The van der Waals surface area contributed by atoms with Crippen LogP contribution >= 0.6 is 11.8 Å². The molecule has 0 saturated heterocycles. The standard InChI is InChI=1S/C27H28N6OS/c1-19-13-20(2)15-23(14-19)33-27(35-18-22-7-5-4-6-8-22)25(16-28-33)26-29-30-31-32(26)17-21-9-11-24(34-3)12-10-21/h4-16,30-31H,17-18H2,1-3H3. The number of aromatic nitrogens is 2. The number of ether oxygens (including phenoxy) is 1. The molecule has 0 spiro atoms. The van der Waals surface area contributed by atoms with E-state index in [1.807, 2.05) is 34.1 Å². The van der Waals surface area contributed by atoms with E-state index in [1.54, 1.807) is 18.9 Å². The van der Waals surface area contributed by atoms with Gasteiger partial charge in [0.25, 0.3) is 0 Å². The Morgan fingerprint density at radius 3 is 2.37 bits per heavy atom. The van der Waals surface area contributed by atoms with Crippen LogP contribution in [0.25, 0.3) is 5.69 Å². The van der Waals surface area contributed by atoms with Gasteiger partial charge < -0.3 is 4.74 Å². The average Bonchev–Trinajstić information content (AvgIpc) is 3.50. The molecule has 2 heterocycles. The van der Waals surface area contributed by atoms with Gasteiger partial charge in [0, 0.05) is 5.75 Å². The van der Waals surface area contributed by atoms with E-state index >= 15 is 0 Å². The normalized spacial score (nSPS) is 13.0. The van der Waals surface area contributed by atoms with Crippen LogP contribution in [0.3, 0.4) is 0 Å². The molecule has 0 fully saturated rings. The lowest BCUT2D eigenvalue weighted by Gasteiger charge is -2.19. The summed E-state index contributed by atoms with van der Waals surface area (Å²) in [7, 11) is 1.67. The molecule has 178 valence electrons. The van der Waals surface area contributed by atoms with Crippen molar-refractivity contribution < 1.29 is 4.74 Å². The van der Waals surface area contributed by atoms with Crippen molar-refractivity contribution in [3.8, 4) is 11.4 Å². The highest BCUT2D eigenvalue weighted by atomic mass is 32.2. The van der Waals surface area contributed by atoms with Crippen LogP contribution in [0.5, 0.6) is 5.75 Å². The number of nitrogens with one attached hydrogen (secondary N) is 2. The zero-order valence-corrected chi connectivity index (χ0v) is 20.8. The van der Waals surface area contributed by atoms with Crippen LogP contribution in [0.2, 0.25) is 0 Å². The van der Waals surface area contributed by atoms with E-state index in [-0.39, 0.29) is 0 Å². The number of hydrogen-bond acceptors (Lipinski definition) is 7. The predicted octanol–water partition coefficient (Wildman–Crippen LogP) is 4.98. The fraction of sp³-hybridized carbons (Fsp3) is 0.185. The third-order valence-electron chi connectivity index (χ3n) is 5.74. The zero-order chi connectivity index (χ0) is 24.2. The second-order valence-electron chi connectivity index (χ2n) is 8.49. The Balaban J connectivity index is 1.48. The fourth-order valence-corrected chi connectivity index (χ4v) is 5.17. The molecular formula is C27H28N6OS. The highest BCUT2D eigenvalue weighted by Crippen LogP contribution is 2.31. The average molecular weight is 485 g/mol. The minimum Gasteiger partial charge on any atom is -0.497 e. The summed E-state index contributed by atoms with van der Waals surface area (Å²) in [5.41, 5.74) is 12.9. The second kappa shape index (κ2) is 10.2. The van der Waals surface area contributed by atoms with Gasteiger partial charge in [-0.25, -0.2) is 10.2 Å². The summed E-state index contributed by atoms with van der Waals surface area (Å²) in [4.78, 5) is 0. The van der Waals surface area contributed by atoms with E-state index in [0.29, 0.717) is 6.54 Å². The molecule has 1 aliphatic heterocycles. The first-order valence-electron chi connectivity index (χ1n) is 11.4. The van der Waals surface area contributed by atoms with Crippen LogP contribution in [0.4, 0.5) is 0 Å². The number of amidine groups is 1. The number of thioether (sulfide) groups is 1. The number of nitrogens with zero attached hydrogens (tertiary/aromatic N) is 4. The lowest BCUT2D eigenvalue weighted by atomic mass is 10.1. The quantitative estimate of drug-likeness (QED) is 0.344. The first-order chi connectivity index (χ1) is 17.1. The lowest BCUT2D eigenvalue weighted by molar-refractivity contribution is 0.287. The maximum Gasteiger partial charge on any atom is 0.177 e. The van der Waals surface area contributed by atoms with E-state index in [4.69, 9.17) is 9.84 Å². The molecule has 0 saturated carbocycles. The molecule has 35 heavy (non-hydrogen) atoms. The van der Waals surface area contributed by atoms with Crippen molar-refractivity contribution in [2.45, 2.75) is 31.2 Å². The van der Waals surface area contributed by atoms with Gasteiger partial charge in [0.2, 0.25) is 0 Å². The van der Waals surface area contributed by atoms with Crippen molar-refractivity contribution in [1.82, 2.24) is 25.9 Å². The number of rotatable bonds is 8. The molecule has 0 unspecified atom stereocenters. The maximum absolute atomic E-state index is 5.29. The van der Waals surface area contributed by atoms with Gasteiger partial charge in [-0.05, 0) is 60.4 Å². The summed E-state index contributed by atoms with van der Waals surface area (Å²) >= 11 is 1.76. The van der Waals surface area contributed by atoms with E-state index < -0.39 is 0 Å². The first kappa shape index (κ1) is 23.0. The summed E-state index contributed by atoms with van der Waals surface area (Å²) < 4.78 is 7.31. The maximum atomic E-state index is 5.29. The summed E-state index contributed by atoms with van der Waals surface area (Å²) in [6.07, 6.45) is 1.90. The van der Waals surface area contributed by atoms with E-state index in [9.17, 15) is 0 Å². The number of hydrazone groups is 1. The van der Waals surface area contributed by atoms with Gasteiger partial charge in [-0.2, -0.15) is 5.10 Å². The monoisotopic (exact) mass is 484 g/mol. The molecule has 8 heteroatoms. The molecule has 0 aliphatic carbocycles. The molecule has 1 aromatic heterocycles. The fourth-order valence-electron chi connectivity index (χ4n) is 4.10. The minimum atomic E-state index is 0.632. The van der Waals surface area contributed by atoms with Crippen molar-refractivity contribution in [2.24, 2.45) is 5.10 Å².